The number of aliphatic carboxylic acids is 1. The summed E-state index contributed by atoms with van der Waals surface area (Å²) in [5.41, 5.74) is 1.31. The molecule has 0 fully saturated rings. The topological polar surface area (TPSA) is 49.3 Å². The standard InChI is InChI=1S/C11H12BrNO2/c1-8(11(14)15)6-7-13-10-4-2-9(12)3-5-10/h2-6,13H,7H2,1H3,(H,14,15)/b8-6-. The van der Waals surface area contributed by atoms with Crippen LogP contribution in [0.25, 0.3) is 0 Å². The summed E-state index contributed by atoms with van der Waals surface area (Å²) in [4.78, 5) is 10.5. The Morgan fingerprint density at radius 3 is 2.60 bits per heavy atom. The van der Waals surface area contributed by atoms with Crippen molar-refractivity contribution in [3.8, 4) is 0 Å². The highest BCUT2D eigenvalue weighted by Gasteiger charge is 1.97. The highest BCUT2D eigenvalue weighted by Crippen LogP contribution is 2.13. The molecule has 0 amide bonds. The first-order valence-corrected chi connectivity index (χ1v) is 5.28. The summed E-state index contributed by atoms with van der Waals surface area (Å²) in [6, 6.07) is 7.70. The normalized spacial score (nSPS) is 11.2. The van der Waals surface area contributed by atoms with Crippen molar-refractivity contribution in [1.82, 2.24) is 0 Å². The fraction of sp³-hybridized carbons (Fsp3) is 0.182. The Bertz CT molecular complexity index is 371. The Balaban J connectivity index is 2.48. The van der Waals surface area contributed by atoms with Gasteiger partial charge < -0.3 is 10.4 Å². The van der Waals surface area contributed by atoms with E-state index in [0.29, 0.717) is 12.1 Å². The summed E-state index contributed by atoms with van der Waals surface area (Å²) >= 11 is 3.34. The molecule has 0 unspecified atom stereocenters. The number of halogens is 1. The summed E-state index contributed by atoms with van der Waals surface area (Å²) in [5.74, 6) is -0.882. The second-order valence-electron chi connectivity index (χ2n) is 3.08. The van der Waals surface area contributed by atoms with Crippen LogP contribution in [0.5, 0.6) is 0 Å². The van der Waals surface area contributed by atoms with Gasteiger partial charge in [-0.15, -0.1) is 0 Å². The maximum atomic E-state index is 10.5. The molecule has 0 bridgehead atoms. The van der Waals surface area contributed by atoms with E-state index in [-0.39, 0.29) is 0 Å². The second-order valence-corrected chi connectivity index (χ2v) is 4.00. The van der Waals surface area contributed by atoms with Gasteiger partial charge in [-0.2, -0.15) is 0 Å². The lowest BCUT2D eigenvalue weighted by Crippen LogP contribution is -2.02. The van der Waals surface area contributed by atoms with Crippen molar-refractivity contribution in [3.05, 3.63) is 40.4 Å². The highest BCUT2D eigenvalue weighted by molar-refractivity contribution is 9.10. The van der Waals surface area contributed by atoms with Crippen LogP contribution in [0.2, 0.25) is 0 Å². The molecule has 0 aromatic heterocycles. The van der Waals surface area contributed by atoms with Gasteiger partial charge in [-0.25, -0.2) is 4.79 Å². The first-order valence-electron chi connectivity index (χ1n) is 4.49. The minimum Gasteiger partial charge on any atom is -0.478 e. The predicted molar refractivity (Wildman–Crippen MR) is 64.0 cm³/mol. The molecule has 1 aromatic carbocycles. The van der Waals surface area contributed by atoms with Crippen LogP contribution in [-0.2, 0) is 4.79 Å². The van der Waals surface area contributed by atoms with Crippen molar-refractivity contribution in [2.75, 3.05) is 11.9 Å². The molecule has 80 valence electrons. The molecule has 0 heterocycles. The third-order valence-corrected chi connectivity index (χ3v) is 2.42. The number of carboxylic acids is 1. The number of carboxylic acid groups (broad SMARTS) is 1. The van der Waals surface area contributed by atoms with Crippen LogP contribution in [0.3, 0.4) is 0 Å². The van der Waals surface area contributed by atoms with Crippen molar-refractivity contribution < 1.29 is 9.90 Å². The van der Waals surface area contributed by atoms with Crippen LogP contribution in [0.4, 0.5) is 5.69 Å². The van der Waals surface area contributed by atoms with E-state index in [4.69, 9.17) is 5.11 Å². The van der Waals surface area contributed by atoms with Crippen LogP contribution < -0.4 is 5.32 Å². The fourth-order valence-electron chi connectivity index (χ4n) is 0.977. The van der Waals surface area contributed by atoms with Gasteiger partial charge in [0.25, 0.3) is 0 Å². The largest absolute Gasteiger partial charge is 0.478 e. The number of carbonyl (C=O) groups is 1. The van der Waals surface area contributed by atoms with Gasteiger partial charge in [0, 0.05) is 22.3 Å². The van der Waals surface area contributed by atoms with Gasteiger partial charge in [-0.3, -0.25) is 0 Å². The van der Waals surface area contributed by atoms with Crippen molar-refractivity contribution in [1.29, 1.82) is 0 Å². The lowest BCUT2D eigenvalue weighted by atomic mass is 10.3. The first-order chi connectivity index (χ1) is 7.09. The zero-order valence-corrected chi connectivity index (χ0v) is 9.91. The Hall–Kier alpha value is -1.29. The van der Waals surface area contributed by atoms with Crippen LogP contribution in [0.1, 0.15) is 6.92 Å². The number of nitrogens with one attached hydrogen (secondary N) is 1. The van der Waals surface area contributed by atoms with E-state index < -0.39 is 5.97 Å². The van der Waals surface area contributed by atoms with Crippen LogP contribution in [0, 0.1) is 0 Å². The average Bonchev–Trinajstić information content (AvgIpc) is 2.20. The van der Waals surface area contributed by atoms with Gasteiger partial charge >= 0.3 is 5.97 Å². The van der Waals surface area contributed by atoms with E-state index >= 15 is 0 Å². The molecule has 0 atom stereocenters. The Morgan fingerprint density at radius 2 is 2.07 bits per heavy atom. The Morgan fingerprint density at radius 1 is 1.47 bits per heavy atom. The highest BCUT2D eigenvalue weighted by atomic mass is 79.9. The van der Waals surface area contributed by atoms with Gasteiger partial charge in [0.05, 0.1) is 0 Å². The number of hydrogen-bond acceptors (Lipinski definition) is 2. The van der Waals surface area contributed by atoms with Gasteiger partial charge in [0.1, 0.15) is 0 Å². The average molecular weight is 270 g/mol. The molecule has 0 saturated heterocycles. The van der Waals surface area contributed by atoms with E-state index in [1.807, 2.05) is 24.3 Å². The predicted octanol–water partition coefficient (Wildman–Crippen LogP) is 2.89. The summed E-state index contributed by atoms with van der Waals surface area (Å²) < 4.78 is 1.02. The molecule has 0 spiro atoms. The van der Waals surface area contributed by atoms with Crippen LogP contribution >= 0.6 is 15.9 Å². The van der Waals surface area contributed by atoms with Crippen LogP contribution in [0.15, 0.2) is 40.4 Å². The lowest BCUT2D eigenvalue weighted by Gasteiger charge is -2.03. The summed E-state index contributed by atoms with van der Waals surface area (Å²) in [6.45, 7) is 2.09. The molecule has 0 radical (unpaired) electrons. The monoisotopic (exact) mass is 269 g/mol. The van der Waals surface area contributed by atoms with E-state index in [1.165, 1.54) is 0 Å². The molecule has 0 aliphatic carbocycles. The van der Waals surface area contributed by atoms with Crippen LogP contribution in [-0.4, -0.2) is 17.6 Å². The Labute approximate surface area is 96.9 Å². The molecule has 0 aliphatic rings. The quantitative estimate of drug-likeness (QED) is 0.827. The molecular formula is C11H12BrNO2. The fourth-order valence-corrected chi connectivity index (χ4v) is 1.24. The number of hydrogen-bond donors (Lipinski definition) is 2. The van der Waals surface area contributed by atoms with E-state index in [9.17, 15) is 4.79 Å². The number of rotatable bonds is 4. The maximum absolute atomic E-state index is 10.5. The summed E-state index contributed by atoms with van der Waals surface area (Å²) in [7, 11) is 0. The smallest absolute Gasteiger partial charge is 0.331 e. The van der Waals surface area contributed by atoms with Gasteiger partial charge in [0.15, 0.2) is 0 Å². The van der Waals surface area contributed by atoms with Gasteiger partial charge in [0.2, 0.25) is 0 Å². The molecule has 0 aliphatic heterocycles. The van der Waals surface area contributed by atoms with Crippen molar-refractivity contribution in [2.24, 2.45) is 0 Å². The van der Waals surface area contributed by atoms with Crippen molar-refractivity contribution in [2.45, 2.75) is 6.92 Å². The zero-order chi connectivity index (χ0) is 11.3. The molecule has 2 N–H and O–H groups in total. The minimum absolute atomic E-state index is 0.347. The molecule has 15 heavy (non-hydrogen) atoms. The maximum Gasteiger partial charge on any atom is 0.331 e. The van der Waals surface area contributed by atoms with E-state index in [2.05, 4.69) is 21.2 Å². The lowest BCUT2D eigenvalue weighted by molar-refractivity contribution is -0.132. The SMILES string of the molecule is C/C(=C/CNc1ccc(Br)cc1)C(=O)O. The number of benzene rings is 1. The van der Waals surface area contributed by atoms with Gasteiger partial charge in [-0.1, -0.05) is 22.0 Å². The first kappa shape index (κ1) is 11.8. The molecule has 0 saturated carbocycles. The third-order valence-electron chi connectivity index (χ3n) is 1.90. The number of anilines is 1. The summed E-state index contributed by atoms with van der Waals surface area (Å²) in [6.07, 6.45) is 1.64. The molecule has 1 aromatic rings. The van der Waals surface area contributed by atoms with E-state index in [1.54, 1.807) is 13.0 Å². The molecule has 1 rings (SSSR count). The minimum atomic E-state index is -0.882. The molecular weight excluding hydrogens is 258 g/mol. The summed E-state index contributed by atoms with van der Waals surface area (Å²) in [5, 5.41) is 11.7. The van der Waals surface area contributed by atoms with Gasteiger partial charge in [-0.05, 0) is 31.2 Å². The third kappa shape index (κ3) is 4.16. The van der Waals surface area contributed by atoms with Crippen molar-refractivity contribution in [3.63, 3.8) is 0 Å². The zero-order valence-electron chi connectivity index (χ0n) is 8.33. The second kappa shape index (κ2) is 5.56. The molecule has 4 heteroatoms. The Kier molecular flexibility index (Phi) is 4.37. The van der Waals surface area contributed by atoms with Crippen molar-refractivity contribution >= 4 is 27.6 Å². The molecule has 3 nitrogen and oxygen atoms in total. The van der Waals surface area contributed by atoms with E-state index in [0.717, 1.165) is 10.2 Å².